The maximum absolute atomic E-state index is 12.8. The van der Waals surface area contributed by atoms with Crippen molar-refractivity contribution in [1.82, 2.24) is 0 Å². The second-order valence-electron chi connectivity index (χ2n) is 6.37. The van der Waals surface area contributed by atoms with E-state index < -0.39 is 0 Å². The minimum Gasteiger partial charge on any atom is -0.274 e. The van der Waals surface area contributed by atoms with Crippen molar-refractivity contribution < 1.29 is 9.59 Å². The van der Waals surface area contributed by atoms with Gasteiger partial charge in [0.05, 0.1) is 17.5 Å². The molecule has 2 fully saturated rings. The molecule has 3 heteroatoms. The molecule has 0 unspecified atom stereocenters. The number of fused-ring (bicyclic) bond motifs is 1. The summed E-state index contributed by atoms with van der Waals surface area (Å²) in [6, 6.07) is 7.82. The summed E-state index contributed by atoms with van der Waals surface area (Å²) in [7, 11) is 0. The Morgan fingerprint density at radius 3 is 1.90 bits per heavy atom. The Balaban J connectivity index is 1.71. The predicted octanol–water partition coefficient (Wildman–Crippen LogP) is 2.95. The highest BCUT2D eigenvalue weighted by molar-refractivity contribution is 6.22. The van der Waals surface area contributed by atoms with Gasteiger partial charge < -0.3 is 0 Å². The molecular weight excluding hydrogens is 262 g/mol. The summed E-state index contributed by atoms with van der Waals surface area (Å²) in [6.07, 6.45) is 7.36. The number of allylic oxidation sites excluding steroid dienone is 2. The average Bonchev–Trinajstić information content (AvgIpc) is 2.82. The van der Waals surface area contributed by atoms with Crippen molar-refractivity contribution in [3.63, 3.8) is 0 Å². The molecule has 1 aromatic rings. The Hall–Kier alpha value is -1.90. The van der Waals surface area contributed by atoms with Gasteiger partial charge in [0.2, 0.25) is 11.8 Å². The van der Waals surface area contributed by atoms with Crippen LogP contribution in [-0.4, -0.2) is 11.8 Å². The van der Waals surface area contributed by atoms with Crippen molar-refractivity contribution in [1.29, 1.82) is 0 Å². The van der Waals surface area contributed by atoms with Crippen molar-refractivity contribution in [3.8, 4) is 0 Å². The lowest BCUT2D eigenvalue weighted by Gasteiger charge is -2.38. The zero-order valence-corrected chi connectivity index (χ0v) is 12.2. The summed E-state index contributed by atoms with van der Waals surface area (Å²) in [5.74, 6) is 0.300. The number of imide groups is 1. The van der Waals surface area contributed by atoms with Crippen LogP contribution >= 0.6 is 0 Å². The van der Waals surface area contributed by atoms with Gasteiger partial charge in [-0.15, -0.1) is 0 Å². The zero-order valence-electron chi connectivity index (χ0n) is 12.2. The van der Waals surface area contributed by atoms with Crippen LogP contribution < -0.4 is 4.90 Å². The first-order valence-electron chi connectivity index (χ1n) is 7.85. The summed E-state index contributed by atoms with van der Waals surface area (Å²) in [5.41, 5.74) is 1.95. The van der Waals surface area contributed by atoms with Crippen LogP contribution in [0, 0.1) is 23.7 Å². The van der Waals surface area contributed by atoms with Gasteiger partial charge in [-0.2, -0.15) is 0 Å². The molecule has 1 saturated heterocycles. The van der Waals surface area contributed by atoms with Crippen molar-refractivity contribution in [2.75, 3.05) is 4.90 Å². The SMILES string of the molecule is CCc1ccc(N2C(=O)[C@@H]3[C@@H](C2=O)[C@H]2C=C[C@@H]3CC2)cc1. The number of carbonyl (C=O) groups is 2. The van der Waals surface area contributed by atoms with Crippen molar-refractivity contribution in [3.05, 3.63) is 42.0 Å². The summed E-state index contributed by atoms with van der Waals surface area (Å²) < 4.78 is 0. The molecule has 3 nitrogen and oxygen atoms in total. The van der Waals surface area contributed by atoms with Crippen LogP contribution in [0.4, 0.5) is 5.69 Å². The number of amides is 2. The van der Waals surface area contributed by atoms with E-state index in [1.165, 1.54) is 10.5 Å². The Morgan fingerprint density at radius 2 is 1.48 bits per heavy atom. The number of nitrogens with zero attached hydrogens (tertiary/aromatic N) is 1. The highest BCUT2D eigenvalue weighted by atomic mass is 16.2. The van der Waals surface area contributed by atoms with E-state index >= 15 is 0 Å². The molecule has 1 aromatic carbocycles. The summed E-state index contributed by atoms with van der Waals surface area (Å²) >= 11 is 0. The lowest BCUT2D eigenvalue weighted by Crippen LogP contribution is -2.38. The maximum Gasteiger partial charge on any atom is 0.238 e. The van der Waals surface area contributed by atoms with E-state index in [0.717, 1.165) is 24.9 Å². The monoisotopic (exact) mass is 281 g/mol. The number of hydrogen-bond donors (Lipinski definition) is 0. The smallest absolute Gasteiger partial charge is 0.238 e. The fraction of sp³-hybridized carbons (Fsp3) is 0.444. The molecule has 4 atom stereocenters. The van der Waals surface area contributed by atoms with Crippen LogP contribution in [-0.2, 0) is 16.0 Å². The van der Waals surface area contributed by atoms with Crippen molar-refractivity contribution >= 4 is 17.5 Å². The minimum absolute atomic E-state index is 0.00768. The molecule has 1 aliphatic heterocycles. The third-order valence-electron chi connectivity index (χ3n) is 5.36. The molecule has 4 aliphatic rings. The number of aryl methyl sites for hydroxylation is 1. The highest BCUT2D eigenvalue weighted by Crippen LogP contribution is 2.50. The van der Waals surface area contributed by atoms with E-state index in [9.17, 15) is 9.59 Å². The van der Waals surface area contributed by atoms with E-state index in [1.807, 2.05) is 24.3 Å². The van der Waals surface area contributed by atoms with E-state index in [2.05, 4.69) is 19.1 Å². The Morgan fingerprint density at radius 1 is 0.952 bits per heavy atom. The van der Waals surface area contributed by atoms with Crippen molar-refractivity contribution in [2.24, 2.45) is 23.7 Å². The first kappa shape index (κ1) is 12.8. The van der Waals surface area contributed by atoms with Gasteiger partial charge in [0.1, 0.15) is 0 Å². The summed E-state index contributed by atoms with van der Waals surface area (Å²) in [5, 5.41) is 0. The Kier molecular flexibility index (Phi) is 2.78. The van der Waals surface area contributed by atoms with Crippen LogP contribution in [0.2, 0.25) is 0 Å². The largest absolute Gasteiger partial charge is 0.274 e. The van der Waals surface area contributed by atoms with Crippen molar-refractivity contribution in [2.45, 2.75) is 26.2 Å². The average molecular weight is 281 g/mol. The molecule has 21 heavy (non-hydrogen) atoms. The Bertz CT molecular complexity index is 599. The van der Waals surface area contributed by atoms with Gasteiger partial charge in [-0.25, -0.2) is 0 Å². The molecular formula is C18H19NO2. The first-order valence-corrected chi connectivity index (χ1v) is 7.85. The number of carbonyl (C=O) groups excluding carboxylic acids is 2. The fourth-order valence-corrected chi connectivity index (χ4v) is 4.21. The molecule has 0 N–H and O–H groups in total. The second-order valence-corrected chi connectivity index (χ2v) is 6.37. The first-order chi connectivity index (χ1) is 10.2. The third-order valence-corrected chi connectivity index (χ3v) is 5.36. The molecule has 1 heterocycles. The van der Waals surface area contributed by atoms with Gasteiger partial charge in [-0.3, -0.25) is 14.5 Å². The molecule has 5 rings (SSSR count). The molecule has 3 aliphatic carbocycles. The minimum atomic E-state index is -0.118. The maximum atomic E-state index is 12.8. The number of benzene rings is 1. The number of hydrogen-bond acceptors (Lipinski definition) is 2. The summed E-state index contributed by atoms with van der Waals surface area (Å²) in [4.78, 5) is 27.0. The molecule has 0 aromatic heterocycles. The van der Waals surface area contributed by atoms with Gasteiger partial charge in [0, 0.05) is 0 Å². The van der Waals surface area contributed by atoms with E-state index in [1.54, 1.807) is 0 Å². The standard InChI is InChI=1S/C18H19NO2/c1-2-11-3-9-14(10-4-11)19-17(20)15-12-5-6-13(8-7-12)16(15)18(19)21/h3-6,9-10,12-13,15-16H,2,7-8H2,1H3/t12-,13+,15-,16-/m0/s1. The van der Waals surface area contributed by atoms with E-state index in [-0.39, 0.29) is 35.5 Å². The van der Waals surface area contributed by atoms with Gasteiger partial charge in [-0.1, -0.05) is 31.2 Å². The van der Waals surface area contributed by atoms with Crippen LogP contribution in [0.5, 0.6) is 0 Å². The van der Waals surface area contributed by atoms with Gasteiger partial charge in [-0.05, 0) is 48.8 Å². The van der Waals surface area contributed by atoms with Gasteiger partial charge in [0.15, 0.2) is 0 Å². The van der Waals surface area contributed by atoms with Gasteiger partial charge >= 0.3 is 0 Å². The van der Waals surface area contributed by atoms with Crippen LogP contribution in [0.25, 0.3) is 0 Å². The van der Waals surface area contributed by atoms with E-state index in [0.29, 0.717) is 0 Å². The topological polar surface area (TPSA) is 37.4 Å². The normalized spacial score (nSPS) is 33.7. The van der Waals surface area contributed by atoms with Crippen LogP contribution in [0.15, 0.2) is 36.4 Å². The Labute approximate surface area is 124 Å². The number of anilines is 1. The molecule has 2 bridgehead atoms. The molecule has 0 radical (unpaired) electrons. The van der Waals surface area contributed by atoms with Gasteiger partial charge in [0.25, 0.3) is 0 Å². The second kappa shape index (κ2) is 4.55. The fourth-order valence-electron chi connectivity index (χ4n) is 4.21. The quantitative estimate of drug-likeness (QED) is 0.617. The lowest BCUT2D eigenvalue weighted by atomic mass is 9.63. The van der Waals surface area contributed by atoms with Crippen LogP contribution in [0.1, 0.15) is 25.3 Å². The molecule has 1 saturated carbocycles. The van der Waals surface area contributed by atoms with E-state index in [4.69, 9.17) is 0 Å². The molecule has 0 spiro atoms. The number of rotatable bonds is 2. The molecule has 108 valence electrons. The van der Waals surface area contributed by atoms with Crippen LogP contribution in [0.3, 0.4) is 0 Å². The lowest BCUT2D eigenvalue weighted by molar-refractivity contribution is -0.124. The highest BCUT2D eigenvalue weighted by Gasteiger charge is 2.56. The third kappa shape index (κ3) is 1.73. The zero-order chi connectivity index (χ0) is 14.6. The summed E-state index contributed by atoms with van der Waals surface area (Å²) in [6.45, 7) is 2.10. The predicted molar refractivity (Wildman–Crippen MR) is 80.6 cm³/mol. The molecule has 2 amide bonds.